The molecule has 3 rings (SSSR count). The first-order valence-corrected chi connectivity index (χ1v) is 6.50. The number of halogens is 1. The van der Waals surface area contributed by atoms with Crippen molar-refractivity contribution in [2.24, 2.45) is 0 Å². The molecule has 1 aromatic rings. The SMILES string of the molecule is COc1cc2c(c(C3(C(=O)O)CCCC3)c1F)OCO2. The molecule has 108 valence electrons. The molecular formula is C14H15FO5. The van der Waals surface area contributed by atoms with E-state index in [-0.39, 0.29) is 23.9 Å². The van der Waals surface area contributed by atoms with Crippen LogP contribution in [-0.4, -0.2) is 25.0 Å². The summed E-state index contributed by atoms with van der Waals surface area (Å²) in [5.41, 5.74) is -1.19. The van der Waals surface area contributed by atoms with Crippen LogP contribution in [0.5, 0.6) is 17.2 Å². The van der Waals surface area contributed by atoms with Crippen LogP contribution in [0.1, 0.15) is 31.2 Å². The number of benzene rings is 1. The normalized spacial score (nSPS) is 19.1. The minimum Gasteiger partial charge on any atom is -0.494 e. The smallest absolute Gasteiger partial charge is 0.314 e. The highest BCUT2D eigenvalue weighted by molar-refractivity contribution is 5.84. The predicted molar refractivity (Wildman–Crippen MR) is 66.9 cm³/mol. The molecule has 1 aromatic carbocycles. The van der Waals surface area contributed by atoms with E-state index in [1.165, 1.54) is 13.2 Å². The molecule has 6 heteroatoms. The first kappa shape index (κ1) is 13.0. The number of carboxylic acid groups (broad SMARTS) is 1. The van der Waals surface area contributed by atoms with Crippen molar-refractivity contribution >= 4 is 5.97 Å². The number of hydrogen-bond acceptors (Lipinski definition) is 4. The minimum atomic E-state index is -1.25. The van der Waals surface area contributed by atoms with Crippen LogP contribution in [-0.2, 0) is 10.2 Å². The summed E-state index contributed by atoms with van der Waals surface area (Å²) in [5, 5.41) is 9.63. The topological polar surface area (TPSA) is 65.0 Å². The first-order chi connectivity index (χ1) is 9.60. The van der Waals surface area contributed by atoms with Gasteiger partial charge in [0.15, 0.2) is 23.1 Å². The van der Waals surface area contributed by atoms with Crippen LogP contribution in [0, 0.1) is 5.82 Å². The minimum absolute atomic E-state index is 0.0169. The average molecular weight is 282 g/mol. The Balaban J connectivity index is 2.27. The molecule has 0 spiro atoms. The maximum absolute atomic E-state index is 14.7. The monoisotopic (exact) mass is 282 g/mol. The highest BCUT2D eigenvalue weighted by Crippen LogP contribution is 2.52. The summed E-state index contributed by atoms with van der Waals surface area (Å²) in [5.74, 6) is -1.17. The van der Waals surface area contributed by atoms with Crippen molar-refractivity contribution in [2.75, 3.05) is 13.9 Å². The summed E-state index contributed by atoms with van der Waals surface area (Å²) in [6, 6.07) is 1.39. The van der Waals surface area contributed by atoms with Gasteiger partial charge < -0.3 is 19.3 Å². The van der Waals surface area contributed by atoms with Crippen LogP contribution in [0.25, 0.3) is 0 Å². The predicted octanol–water partition coefficient (Wildman–Crippen LogP) is 2.46. The van der Waals surface area contributed by atoms with Gasteiger partial charge >= 0.3 is 5.97 Å². The van der Waals surface area contributed by atoms with Gasteiger partial charge in [0.05, 0.1) is 18.1 Å². The first-order valence-electron chi connectivity index (χ1n) is 6.50. The Morgan fingerprint density at radius 3 is 2.70 bits per heavy atom. The number of ether oxygens (including phenoxy) is 3. The number of carbonyl (C=O) groups is 1. The Kier molecular flexibility index (Phi) is 2.96. The maximum Gasteiger partial charge on any atom is 0.314 e. The van der Waals surface area contributed by atoms with E-state index >= 15 is 0 Å². The highest BCUT2D eigenvalue weighted by atomic mass is 19.1. The largest absolute Gasteiger partial charge is 0.494 e. The lowest BCUT2D eigenvalue weighted by Crippen LogP contribution is -2.34. The van der Waals surface area contributed by atoms with Crippen molar-refractivity contribution in [3.63, 3.8) is 0 Å². The van der Waals surface area contributed by atoms with Crippen molar-refractivity contribution in [3.8, 4) is 17.2 Å². The number of hydrogen-bond donors (Lipinski definition) is 1. The molecule has 0 amide bonds. The van der Waals surface area contributed by atoms with E-state index in [4.69, 9.17) is 14.2 Å². The van der Waals surface area contributed by atoms with Gasteiger partial charge in [0.1, 0.15) is 0 Å². The van der Waals surface area contributed by atoms with Gasteiger partial charge in [-0.05, 0) is 12.8 Å². The molecule has 0 bridgehead atoms. The molecule has 2 aliphatic rings. The zero-order valence-electron chi connectivity index (χ0n) is 11.1. The van der Waals surface area contributed by atoms with E-state index in [0.717, 1.165) is 12.8 Å². The van der Waals surface area contributed by atoms with E-state index in [0.29, 0.717) is 18.6 Å². The van der Waals surface area contributed by atoms with Gasteiger partial charge in [-0.2, -0.15) is 0 Å². The number of aliphatic carboxylic acids is 1. The van der Waals surface area contributed by atoms with Crippen LogP contribution in [0.4, 0.5) is 4.39 Å². The lowest BCUT2D eigenvalue weighted by Gasteiger charge is -2.26. The molecule has 0 radical (unpaired) electrons. The summed E-state index contributed by atoms with van der Waals surface area (Å²) >= 11 is 0. The van der Waals surface area contributed by atoms with Crippen molar-refractivity contribution < 1.29 is 28.5 Å². The molecule has 20 heavy (non-hydrogen) atoms. The third kappa shape index (κ3) is 1.63. The summed E-state index contributed by atoms with van der Waals surface area (Å²) in [7, 11) is 1.34. The molecule has 1 aliphatic carbocycles. The Morgan fingerprint density at radius 1 is 1.40 bits per heavy atom. The second-order valence-corrected chi connectivity index (χ2v) is 5.10. The summed E-state index contributed by atoms with van der Waals surface area (Å²) in [4.78, 5) is 11.8. The van der Waals surface area contributed by atoms with Gasteiger partial charge in [0, 0.05) is 6.07 Å². The van der Waals surface area contributed by atoms with Gasteiger partial charge in [-0.1, -0.05) is 12.8 Å². The molecule has 0 saturated heterocycles. The molecule has 5 nitrogen and oxygen atoms in total. The third-order valence-corrected chi connectivity index (χ3v) is 4.13. The van der Waals surface area contributed by atoms with Crippen molar-refractivity contribution in [3.05, 3.63) is 17.4 Å². The fourth-order valence-electron chi connectivity index (χ4n) is 3.12. The molecule has 1 N–H and O–H groups in total. The summed E-state index contributed by atoms with van der Waals surface area (Å²) in [6.45, 7) is -0.0371. The fourth-order valence-corrected chi connectivity index (χ4v) is 3.12. The van der Waals surface area contributed by atoms with E-state index in [1.807, 2.05) is 0 Å². The van der Waals surface area contributed by atoms with Gasteiger partial charge in [-0.15, -0.1) is 0 Å². The summed E-state index contributed by atoms with van der Waals surface area (Å²) in [6.07, 6.45) is 2.28. The van der Waals surface area contributed by atoms with Crippen molar-refractivity contribution in [1.82, 2.24) is 0 Å². The van der Waals surface area contributed by atoms with Gasteiger partial charge in [0.25, 0.3) is 0 Å². The second kappa shape index (κ2) is 4.54. The number of methoxy groups -OCH3 is 1. The Hall–Kier alpha value is -1.98. The second-order valence-electron chi connectivity index (χ2n) is 5.10. The van der Waals surface area contributed by atoms with Crippen LogP contribution in [0.15, 0.2) is 6.07 Å². The van der Waals surface area contributed by atoms with Crippen LogP contribution < -0.4 is 14.2 Å². The van der Waals surface area contributed by atoms with E-state index in [9.17, 15) is 14.3 Å². The lowest BCUT2D eigenvalue weighted by atomic mass is 9.77. The highest BCUT2D eigenvalue weighted by Gasteiger charge is 2.49. The van der Waals surface area contributed by atoms with E-state index < -0.39 is 17.2 Å². The van der Waals surface area contributed by atoms with Gasteiger partial charge in [-0.3, -0.25) is 4.79 Å². The van der Waals surface area contributed by atoms with Gasteiger partial charge in [0.2, 0.25) is 6.79 Å². The molecule has 0 aromatic heterocycles. The molecular weight excluding hydrogens is 267 g/mol. The standard InChI is InChI=1S/C14H15FO5/c1-18-8-6-9-12(20-7-19-9)10(11(8)15)14(13(16)17)4-2-3-5-14/h6H,2-5,7H2,1H3,(H,16,17). The molecule has 1 saturated carbocycles. The Labute approximate surface area is 115 Å². The van der Waals surface area contributed by atoms with Crippen LogP contribution in [0.2, 0.25) is 0 Å². The van der Waals surface area contributed by atoms with Crippen LogP contribution in [0.3, 0.4) is 0 Å². The Morgan fingerprint density at radius 2 is 2.10 bits per heavy atom. The molecule has 1 aliphatic heterocycles. The quantitative estimate of drug-likeness (QED) is 0.922. The third-order valence-electron chi connectivity index (χ3n) is 4.13. The zero-order valence-corrected chi connectivity index (χ0v) is 11.1. The number of carboxylic acids is 1. The van der Waals surface area contributed by atoms with Crippen molar-refractivity contribution in [2.45, 2.75) is 31.1 Å². The average Bonchev–Trinajstić information content (AvgIpc) is 3.06. The fraction of sp³-hybridized carbons (Fsp3) is 0.500. The maximum atomic E-state index is 14.7. The van der Waals surface area contributed by atoms with Gasteiger partial charge in [-0.25, -0.2) is 4.39 Å². The molecule has 0 atom stereocenters. The van der Waals surface area contributed by atoms with E-state index in [2.05, 4.69) is 0 Å². The zero-order chi connectivity index (χ0) is 14.3. The lowest BCUT2D eigenvalue weighted by molar-refractivity contribution is -0.143. The Bertz CT molecular complexity index is 562. The molecule has 0 unspecified atom stereocenters. The number of fused-ring (bicyclic) bond motifs is 1. The molecule has 1 fully saturated rings. The van der Waals surface area contributed by atoms with Crippen molar-refractivity contribution in [1.29, 1.82) is 0 Å². The number of rotatable bonds is 3. The molecule has 1 heterocycles. The van der Waals surface area contributed by atoms with E-state index in [1.54, 1.807) is 0 Å². The van der Waals surface area contributed by atoms with Crippen LogP contribution >= 0.6 is 0 Å². The summed E-state index contributed by atoms with van der Waals surface area (Å²) < 4.78 is 30.2.